The van der Waals surface area contributed by atoms with Crippen LogP contribution in [-0.2, 0) is 11.3 Å². The molecule has 1 aromatic carbocycles. The molecule has 2 atom stereocenters. The second kappa shape index (κ2) is 7.07. The zero-order chi connectivity index (χ0) is 12.7. The Kier molecular flexibility index (Phi) is 5.70. The van der Waals surface area contributed by atoms with Crippen LogP contribution in [0.5, 0.6) is 0 Å². The lowest BCUT2D eigenvalue weighted by atomic mass is 9.96. The van der Waals surface area contributed by atoms with Crippen LogP contribution in [-0.4, -0.2) is 11.9 Å². The molecule has 1 rings (SSSR count). The molecule has 17 heavy (non-hydrogen) atoms. The predicted octanol–water partition coefficient (Wildman–Crippen LogP) is 2.07. The van der Waals surface area contributed by atoms with Crippen molar-refractivity contribution in [3.63, 3.8) is 0 Å². The summed E-state index contributed by atoms with van der Waals surface area (Å²) in [6.45, 7) is 4.87. The summed E-state index contributed by atoms with van der Waals surface area (Å²) < 4.78 is 0. The van der Waals surface area contributed by atoms with Gasteiger partial charge in [-0.05, 0) is 17.9 Å². The zero-order valence-corrected chi connectivity index (χ0v) is 10.6. The maximum absolute atomic E-state index is 11.4. The van der Waals surface area contributed by atoms with E-state index in [9.17, 15) is 4.79 Å². The van der Waals surface area contributed by atoms with E-state index in [1.165, 1.54) is 5.56 Å². The normalized spacial score (nSPS) is 14.2. The van der Waals surface area contributed by atoms with Crippen molar-refractivity contribution in [3.8, 4) is 0 Å². The highest BCUT2D eigenvalue weighted by molar-refractivity contribution is 5.80. The number of primary amides is 1. The molecule has 0 aliphatic rings. The van der Waals surface area contributed by atoms with Gasteiger partial charge in [0.15, 0.2) is 0 Å². The largest absolute Gasteiger partial charge is 0.368 e. The Morgan fingerprint density at radius 1 is 1.35 bits per heavy atom. The number of carbonyl (C=O) groups excluding carboxylic acids is 1. The van der Waals surface area contributed by atoms with Crippen LogP contribution in [0.1, 0.15) is 32.3 Å². The first-order valence-electron chi connectivity index (χ1n) is 6.21. The summed E-state index contributed by atoms with van der Waals surface area (Å²) in [6.07, 6.45) is 2.08. The average Bonchev–Trinajstić information content (AvgIpc) is 2.30. The van der Waals surface area contributed by atoms with Crippen molar-refractivity contribution in [1.82, 2.24) is 5.32 Å². The Bertz CT molecular complexity index is 337. The van der Waals surface area contributed by atoms with Crippen molar-refractivity contribution >= 4 is 5.91 Å². The fourth-order valence-corrected chi connectivity index (χ4v) is 2.03. The van der Waals surface area contributed by atoms with Crippen LogP contribution >= 0.6 is 0 Å². The third-order valence-corrected chi connectivity index (χ3v) is 2.99. The molecule has 0 aliphatic heterocycles. The number of rotatable bonds is 7. The van der Waals surface area contributed by atoms with E-state index in [0.29, 0.717) is 6.54 Å². The molecular formula is C14H22N2O. The Labute approximate surface area is 103 Å². The van der Waals surface area contributed by atoms with Gasteiger partial charge in [-0.3, -0.25) is 4.79 Å². The van der Waals surface area contributed by atoms with Crippen LogP contribution in [0.4, 0.5) is 0 Å². The van der Waals surface area contributed by atoms with Crippen LogP contribution in [0, 0.1) is 5.92 Å². The molecule has 3 N–H and O–H groups in total. The average molecular weight is 234 g/mol. The minimum absolute atomic E-state index is 0.241. The van der Waals surface area contributed by atoms with Crippen molar-refractivity contribution in [2.24, 2.45) is 11.7 Å². The molecule has 3 nitrogen and oxygen atoms in total. The Morgan fingerprint density at radius 3 is 2.53 bits per heavy atom. The molecule has 0 spiro atoms. The topological polar surface area (TPSA) is 55.1 Å². The van der Waals surface area contributed by atoms with E-state index in [0.717, 1.165) is 12.8 Å². The van der Waals surface area contributed by atoms with Gasteiger partial charge in [0.1, 0.15) is 0 Å². The zero-order valence-electron chi connectivity index (χ0n) is 10.6. The summed E-state index contributed by atoms with van der Waals surface area (Å²) in [6, 6.07) is 9.80. The number of hydrogen-bond acceptors (Lipinski definition) is 2. The summed E-state index contributed by atoms with van der Waals surface area (Å²) in [5.41, 5.74) is 6.60. The van der Waals surface area contributed by atoms with Crippen molar-refractivity contribution < 1.29 is 4.79 Å². The van der Waals surface area contributed by atoms with Gasteiger partial charge in [-0.25, -0.2) is 0 Å². The van der Waals surface area contributed by atoms with Gasteiger partial charge < -0.3 is 11.1 Å². The van der Waals surface area contributed by atoms with Crippen LogP contribution in [0.15, 0.2) is 30.3 Å². The van der Waals surface area contributed by atoms with Gasteiger partial charge in [0.25, 0.3) is 0 Å². The SMILES string of the molecule is CCCC(C)C(NCc1ccccc1)C(N)=O. The lowest BCUT2D eigenvalue weighted by Gasteiger charge is -2.22. The highest BCUT2D eigenvalue weighted by Gasteiger charge is 2.21. The maximum Gasteiger partial charge on any atom is 0.234 e. The molecule has 1 amide bonds. The number of carbonyl (C=O) groups is 1. The summed E-state index contributed by atoms with van der Waals surface area (Å²) in [5, 5.41) is 3.25. The molecule has 0 fully saturated rings. The van der Waals surface area contributed by atoms with Gasteiger partial charge in [0.2, 0.25) is 5.91 Å². The van der Waals surface area contributed by atoms with Gasteiger partial charge >= 0.3 is 0 Å². The van der Waals surface area contributed by atoms with Gasteiger partial charge in [0, 0.05) is 6.54 Å². The Hall–Kier alpha value is -1.35. The molecule has 0 radical (unpaired) electrons. The Morgan fingerprint density at radius 2 is 2.00 bits per heavy atom. The van der Waals surface area contributed by atoms with Crippen molar-refractivity contribution in [3.05, 3.63) is 35.9 Å². The summed E-state index contributed by atoms with van der Waals surface area (Å²) >= 11 is 0. The van der Waals surface area contributed by atoms with Crippen LogP contribution in [0.2, 0.25) is 0 Å². The van der Waals surface area contributed by atoms with Crippen LogP contribution < -0.4 is 11.1 Å². The summed E-state index contributed by atoms with van der Waals surface area (Å²) in [4.78, 5) is 11.4. The number of nitrogens with one attached hydrogen (secondary N) is 1. The molecule has 94 valence electrons. The molecule has 0 aliphatic carbocycles. The van der Waals surface area contributed by atoms with E-state index in [1.54, 1.807) is 0 Å². The number of hydrogen-bond donors (Lipinski definition) is 2. The monoisotopic (exact) mass is 234 g/mol. The number of benzene rings is 1. The van der Waals surface area contributed by atoms with E-state index in [1.807, 2.05) is 30.3 Å². The van der Waals surface area contributed by atoms with E-state index in [2.05, 4.69) is 19.2 Å². The van der Waals surface area contributed by atoms with Crippen molar-refractivity contribution in [1.29, 1.82) is 0 Å². The lowest BCUT2D eigenvalue weighted by Crippen LogP contribution is -2.45. The molecular weight excluding hydrogens is 212 g/mol. The molecule has 0 saturated carbocycles. The third kappa shape index (κ3) is 4.57. The molecule has 0 bridgehead atoms. The van der Waals surface area contributed by atoms with Crippen LogP contribution in [0.3, 0.4) is 0 Å². The van der Waals surface area contributed by atoms with Crippen molar-refractivity contribution in [2.75, 3.05) is 0 Å². The van der Waals surface area contributed by atoms with E-state index < -0.39 is 0 Å². The first-order valence-corrected chi connectivity index (χ1v) is 6.21. The van der Waals surface area contributed by atoms with Gasteiger partial charge in [-0.15, -0.1) is 0 Å². The second-order valence-electron chi connectivity index (χ2n) is 4.51. The van der Waals surface area contributed by atoms with Crippen LogP contribution in [0.25, 0.3) is 0 Å². The fraction of sp³-hybridized carbons (Fsp3) is 0.500. The minimum Gasteiger partial charge on any atom is -0.368 e. The summed E-state index contributed by atoms with van der Waals surface area (Å²) in [7, 11) is 0. The highest BCUT2D eigenvalue weighted by atomic mass is 16.1. The molecule has 2 unspecified atom stereocenters. The lowest BCUT2D eigenvalue weighted by molar-refractivity contribution is -0.121. The first-order chi connectivity index (χ1) is 8.15. The first kappa shape index (κ1) is 13.7. The summed E-state index contributed by atoms with van der Waals surface area (Å²) in [5.74, 6) is 0.0168. The maximum atomic E-state index is 11.4. The fourth-order valence-electron chi connectivity index (χ4n) is 2.03. The third-order valence-electron chi connectivity index (χ3n) is 2.99. The Balaban J connectivity index is 2.53. The standard InChI is InChI=1S/C14H22N2O/c1-3-7-11(2)13(14(15)17)16-10-12-8-5-4-6-9-12/h4-6,8-9,11,13,16H,3,7,10H2,1-2H3,(H2,15,17). The molecule has 0 heterocycles. The molecule has 1 aromatic rings. The minimum atomic E-state index is -0.262. The quantitative estimate of drug-likeness (QED) is 0.758. The smallest absolute Gasteiger partial charge is 0.234 e. The molecule has 0 aromatic heterocycles. The van der Waals surface area contributed by atoms with Gasteiger partial charge in [-0.2, -0.15) is 0 Å². The number of nitrogens with two attached hydrogens (primary N) is 1. The highest BCUT2D eigenvalue weighted by Crippen LogP contribution is 2.11. The van der Waals surface area contributed by atoms with Gasteiger partial charge in [0.05, 0.1) is 6.04 Å². The number of amides is 1. The molecule has 0 saturated heterocycles. The van der Waals surface area contributed by atoms with E-state index >= 15 is 0 Å². The second-order valence-corrected chi connectivity index (χ2v) is 4.51. The van der Waals surface area contributed by atoms with Gasteiger partial charge in [-0.1, -0.05) is 50.6 Å². The van der Waals surface area contributed by atoms with E-state index in [4.69, 9.17) is 5.73 Å². The molecule has 3 heteroatoms. The predicted molar refractivity (Wildman–Crippen MR) is 70.3 cm³/mol. The van der Waals surface area contributed by atoms with Crippen molar-refractivity contribution in [2.45, 2.75) is 39.3 Å². The van der Waals surface area contributed by atoms with E-state index in [-0.39, 0.29) is 17.9 Å².